The zero-order valence-electron chi connectivity index (χ0n) is 3.75. The summed E-state index contributed by atoms with van der Waals surface area (Å²) >= 11 is 0. The first-order valence-corrected chi connectivity index (χ1v) is 1.55. The minimum atomic E-state index is -0.958. The fourth-order valence-electron chi connectivity index (χ4n) is 0.0724. The SMILES string of the molecule is CN(O)C(=O)NO. The Hall–Kier alpha value is -0.810. The summed E-state index contributed by atoms with van der Waals surface area (Å²) in [5.41, 5.74) is 1.20. The molecule has 0 aromatic carbocycles. The molecule has 0 aliphatic carbocycles. The molecule has 5 heteroatoms. The van der Waals surface area contributed by atoms with Gasteiger partial charge in [-0.3, -0.25) is 10.4 Å². The van der Waals surface area contributed by atoms with Gasteiger partial charge >= 0.3 is 6.03 Å². The number of carbonyl (C=O) groups is 1. The Morgan fingerprint density at radius 2 is 2.29 bits per heavy atom. The molecule has 0 aliphatic heterocycles. The number of amides is 2. The summed E-state index contributed by atoms with van der Waals surface area (Å²) in [5.74, 6) is 0. The molecule has 0 atom stereocenters. The predicted octanol–water partition coefficient (Wildman–Crippen LogP) is -0.594. The van der Waals surface area contributed by atoms with E-state index in [4.69, 9.17) is 10.4 Å². The van der Waals surface area contributed by atoms with Crippen LogP contribution in [0.4, 0.5) is 4.79 Å². The lowest BCUT2D eigenvalue weighted by Gasteiger charge is -2.03. The zero-order valence-corrected chi connectivity index (χ0v) is 3.75. The monoisotopic (exact) mass is 106 g/mol. The number of hydrogen-bond acceptors (Lipinski definition) is 3. The minimum Gasteiger partial charge on any atom is -0.287 e. The molecule has 3 N–H and O–H groups in total. The Morgan fingerprint density at radius 3 is 2.29 bits per heavy atom. The molecule has 0 saturated carbocycles. The molecular weight excluding hydrogens is 100 g/mol. The van der Waals surface area contributed by atoms with Gasteiger partial charge in [-0.15, -0.1) is 0 Å². The Morgan fingerprint density at radius 1 is 1.86 bits per heavy atom. The number of nitrogens with one attached hydrogen (secondary N) is 1. The van der Waals surface area contributed by atoms with Crippen molar-refractivity contribution in [2.45, 2.75) is 0 Å². The number of hydrogen-bond donors (Lipinski definition) is 3. The lowest BCUT2D eigenvalue weighted by atomic mass is 11.0. The van der Waals surface area contributed by atoms with Gasteiger partial charge in [0, 0.05) is 7.05 Å². The van der Waals surface area contributed by atoms with Crippen molar-refractivity contribution in [1.29, 1.82) is 0 Å². The van der Waals surface area contributed by atoms with E-state index in [9.17, 15) is 4.79 Å². The maximum absolute atomic E-state index is 9.83. The van der Waals surface area contributed by atoms with Crippen LogP contribution < -0.4 is 5.48 Å². The van der Waals surface area contributed by atoms with Crippen molar-refractivity contribution in [1.82, 2.24) is 10.5 Å². The minimum absolute atomic E-state index is 0.222. The first kappa shape index (κ1) is 6.19. The quantitative estimate of drug-likeness (QED) is 0.285. The lowest BCUT2D eigenvalue weighted by molar-refractivity contribution is -0.0325. The Labute approximate surface area is 40.1 Å². The smallest absolute Gasteiger partial charge is 0.287 e. The van der Waals surface area contributed by atoms with Crippen molar-refractivity contribution in [3.8, 4) is 0 Å². The first-order valence-electron chi connectivity index (χ1n) is 1.55. The third-order valence-electron chi connectivity index (χ3n) is 0.390. The van der Waals surface area contributed by atoms with Gasteiger partial charge in [0.1, 0.15) is 0 Å². The van der Waals surface area contributed by atoms with E-state index in [0.29, 0.717) is 0 Å². The summed E-state index contributed by atoms with van der Waals surface area (Å²) in [6.07, 6.45) is 0. The van der Waals surface area contributed by atoms with E-state index in [1.807, 2.05) is 0 Å². The predicted molar refractivity (Wildman–Crippen MR) is 19.9 cm³/mol. The zero-order chi connectivity index (χ0) is 5.86. The molecule has 0 saturated heterocycles. The second-order valence-corrected chi connectivity index (χ2v) is 0.941. The van der Waals surface area contributed by atoms with E-state index in [-0.39, 0.29) is 5.06 Å². The van der Waals surface area contributed by atoms with Crippen LogP contribution in [0.15, 0.2) is 0 Å². The van der Waals surface area contributed by atoms with E-state index >= 15 is 0 Å². The molecule has 0 spiro atoms. The van der Waals surface area contributed by atoms with E-state index in [0.717, 1.165) is 7.05 Å². The van der Waals surface area contributed by atoms with Gasteiger partial charge in [-0.05, 0) is 0 Å². The van der Waals surface area contributed by atoms with Gasteiger partial charge in [0.15, 0.2) is 0 Å². The third-order valence-corrected chi connectivity index (χ3v) is 0.390. The summed E-state index contributed by atoms with van der Waals surface area (Å²) in [6, 6.07) is -0.958. The summed E-state index contributed by atoms with van der Waals surface area (Å²) in [7, 11) is 1.09. The molecule has 0 fully saturated rings. The second-order valence-electron chi connectivity index (χ2n) is 0.941. The highest BCUT2D eigenvalue weighted by Crippen LogP contribution is 1.69. The molecule has 42 valence electrons. The summed E-state index contributed by atoms with van der Waals surface area (Å²) < 4.78 is 0. The normalized spacial score (nSPS) is 7.86. The number of hydroxylamine groups is 3. The van der Waals surface area contributed by atoms with Crippen LogP contribution in [0.1, 0.15) is 0 Å². The Kier molecular flexibility index (Phi) is 2.10. The Bertz CT molecular complexity index is 71.3. The van der Waals surface area contributed by atoms with Crippen LogP contribution in [-0.4, -0.2) is 28.6 Å². The highest BCUT2D eigenvalue weighted by atomic mass is 16.5. The second kappa shape index (κ2) is 2.38. The molecular formula is C2H6N2O3. The molecule has 0 radical (unpaired) electrons. The topological polar surface area (TPSA) is 72.8 Å². The Balaban J connectivity index is 3.35. The standard InChI is InChI=1S/C2H6N2O3/c1-4(7)2(5)3-6/h6-7H,1H3,(H,3,5). The molecule has 2 amide bonds. The van der Waals surface area contributed by atoms with Gasteiger partial charge < -0.3 is 0 Å². The van der Waals surface area contributed by atoms with Crippen LogP contribution in [0.2, 0.25) is 0 Å². The van der Waals surface area contributed by atoms with Crippen molar-refractivity contribution in [3.05, 3.63) is 0 Å². The van der Waals surface area contributed by atoms with E-state index in [2.05, 4.69) is 0 Å². The maximum Gasteiger partial charge on any atom is 0.364 e. The van der Waals surface area contributed by atoms with Gasteiger partial charge in [-0.25, -0.2) is 15.3 Å². The third kappa shape index (κ3) is 1.96. The van der Waals surface area contributed by atoms with Crippen LogP contribution in [0.25, 0.3) is 0 Å². The van der Waals surface area contributed by atoms with Crippen LogP contribution in [-0.2, 0) is 0 Å². The number of rotatable bonds is 0. The van der Waals surface area contributed by atoms with Crippen LogP contribution in [0.3, 0.4) is 0 Å². The molecule has 0 aromatic rings. The fraction of sp³-hybridized carbons (Fsp3) is 0.500. The van der Waals surface area contributed by atoms with Gasteiger partial charge in [-0.2, -0.15) is 0 Å². The lowest BCUT2D eigenvalue weighted by Crippen LogP contribution is -2.32. The largest absolute Gasteiger partial charge is 0.364 e. The average molecular weight is 106 g/mol. The van der Waals surface area contributed by atoms with Crippen molar-refractivity contribution >= 4 is 6.03 Å². The van der Waals surface area contributed by atoms with Crippen LogP contribution in [0, 0.1) is 0 Å². The molecule has 0 heterocycles. The molecule has 0 bridgehead atoms. The molecule has 0 rings (SSSR count). The fourth-order valence-corrected chi connectivity index (χ4v) is 0.0724. The van der Waals surface area contributed by atoms with E-state index in [1.54, 1.807) is 0 Å². The summed E-state index contributed by atoms with van der Waals surface area (Å²) in [5, 5.41) is 16.0. The average Bonchev–Trinajstić information content (AvgIpc) is 1.65. The summed E-state index contributed by atoms with van der Waals surface area (Å²) in [4.78, 5) is 9.83. The first-order chi connectivity index (χ1) is 3.18. The maximum atomic E-state index is 9.83. The number of urea groups is 1. The molecule has 0 unspecified atom stereocenters. The highest BCUT2D eigenvalue weighted by molar-refractivity contribution is 5.70. The van der Waals surface area contributed by atoms with Crippen molar-refractivity contribution < 1.29 is 15.2 Å². The van der Waals surface area contributed by atoms with Crippen molar-refractivity contribution in [2.24, 2.45) is 0 Å². The number of nitrogens with zero attached hydrogens (tertiary/aromatic N) is 1. The van der Waals surface area contributed by atoms with Gasteiger partial charge in [0.2, 0.25) is 0 Å². The van der Waals surface area contributed by atoms with Gasteiger partial charge in [-0.1, -0.05) is 0 Å². The van der Waals surface area contributed by atoms with Crippen LogP contribution in [0.5, 0.6) is 0 Å². The molecule has 5 nitrogen and oxygen atoms in total. The van der Waals surface area contributed by atoms with Crippen LogP contribution >= 0.6 is 0 Å². The van der Waals surface area contributed by atoms with Gasteiger partial charge in [0.05, 0.1) is 0 Å². The van der Waals surface area contributed by atoms with E-state index < -0.39 is 6.03 Å². The number of carbonyl (C=O) groups excluding carboxylic acids is 1. The van der Waals surface area contributed by atoms with Crippen molar-refractivity contribution in [3.63, 3.8) is 0 Å². The van der Waals surface area contributed by atoms with E-state index in [1.165, 1.54) is 5.48 Å². The van der Waals surface area contributed by atoms with Crippen molar-refractivity contribution in [2.75, 3.05) is 7.05 Å². The molecule has 0 aliphatic rings. The highest BCUT2D eigenvalue weighted by Gasteiger charge is 1.98. The van der Waals surface area contributed by atoms with Gasteiger partial charge in [0.25, 0.3) is 0 Å². The summed E-state index contributed by atoms with van der Waals surface area (Å²) in [6.45, 7) is 0. The molecule has 0 aromatic heterocycles. The molecule has 7 heavy (non-hydrogen) atoms.